The Morgan fingerprint density at radius 2 is 1.96 bits per heavy atom. The lowest BCUT2D eigenvalue weighted by Crippen LogP contribution is -2.21. The molecule has 0 fully saturated rings. The van der Waals surface area contributed by atoms with Gasteiger partial charge in [-0.25, -0.2) is 4.79 Å². The lowest BCUT2D eigenvalue weighted by Gasteiger charge is -2.08. The van der Waals surface area contributed by atoms with Crippen molar-refractivity contribution in [3.8, 4) is 6.07 Å². The molecule has 1 aliphatic rings. The van der Waals surface area contributed by atoms with Crippen LogP contribution in [-0.4, -0.2) is 18.5 Å². The monoisotopic (exact) mass is 320 g/mol. The number of rotatable bonds is 4. The zero-order valence-electron chi connectivity index (χ0n) is 13.0. The summed E-state index contributed by atoms with van der Waals surface area (Å²) >= 11 is 0. The van der Waals surface area contributed by atoms with E-state index < -0.39 is 11.9 Å². The Morgan fingerprint density at radius 1 is 1.12 bits per heavy atom. The fourth-order valence-corrected chi connectivity index (χ4v) is 2.78. The summed E-state index contributed by atoms with van der Waals surface area (Å²) in [5.74, 6) is -1.02. The van der Waals surface area contributed by atoms with E-state index in [2.05, 4.69) is 5.32 Å². The van der Waals surface area contributed by atoms with E-state index in [1.54, 1.807) is 18.2 Å². The predicted octanol–water partition coefficient (Wildman–Crippen LogP) is 2.84. The third-order valence-electron chi connectivity index (χ3n) is 3.94. The Kier molecular flexibility index (Phi) is 4.57. The number of anilines is 1. The maximum absolute atomic E-state index is 11.9. The highest BCUT2D eigenvalue weighted by molar-refractivity contribution is 5.95. The van der Waals surface area contributed by atoms with Gasteiger partial charge in [0.2, 0.25) is 0 Å². The fraction of sp³-hybridized carbons (Fsp3) is 0.211. The minimum Gasteiger partial charge on any atom is -0.452 e. The molecule has 5 heteroatoms. The molecule has 0 unspecified atom stereocenters. The number of hydrogen-bond donors (Lipinski definition) is 1. The van der Waals surface area contributed by atoms with Gasteiger partial charge in [-0.05, 0) is 60.7 Å². The highest BCUT2D eigenvalue weighted by Crippen LogP contribution is 2.24. The van der Waals surface area contributed by atoms with Crippen molar-refractivity contribution in [3.63, 3.8) is 0 Å². The van der Waals surface area contributed by atoms with Crippen molar-refractivity contribution in [2.24, 2.45) is 0 Å². The summed E-state index contributed by atoms with van der Waals surface area (Å²) < 4.78 is 4.99. The Hall–Kier alpha value is -3.13. The van der Waals surface area contributed by atoms with Gasteiger partial charge in [0.15, 0.2) is 6.61 Å². The number of esters is 1. The van der Waals surface area contributed by atoms with Crippen LogP contribution in [-0.2, 0) is 22.4 Å². The van der Waals surface area contributed by atoms with Crippen molar-refractivity contribution in [1.29, 1.82) is 5.26 Å². The second kappa shape index (κ2) is 6.97. The molecule has 2 aromatic rings. The number of carbonyl (C=O) groups excluding carboxylic acids is 2. The van der Waals surface area contributed by atoms with Crippen LogP contribution in [0.2, 0.25) is 0 Å². The first-order chi connectivity index (χ1) is 11.7. The van der Waals surface area contributed by atoms with Gasteiger partial charge < -0.3 is 10.1 Å². The number of benzene rings is 2. The van der Waals surface area contributed by atoms with Crippen LogP contribution in [0.15, 0.2) is 42.5 Å². The number of nitrogens with one attached hydrogen (secondary N) is 1. The van der Waals surface area contributed by atoms with Crippen molar-refractivity contribution >= 4 is 17.6 Å². The molecule has 0 aliphatic heterocycles. The van der Waals surface area contributed by atoms with Gasteiger partial charge in [0.25, 0.3) is 5.91 Å². The topological polar surface area (TPSA) is 79.2 Å². The van der Waals surface area contributed by atoms with Crippen LogP contribution in [0.1, 0.15) is 33.5 Å². The molecule has 3 rings (SSSR count). The molecule has 0 bridgehead atoms. The number of fused-ring (bicyclic) bond motifs is 1. The number of nitriles is 1. The van der Waals surface area contributed by atoms with E-state index in [4.69, 9.17) is 10.00 Å². The van der Waals surface area contributed by atoms with E-state index in [-0.39, 0.29) is 12.2 Å². The van der Waals surface area contributed by atoms with Gasteiger partial charge in [-0.2, -0.15) is 5.26 Å². The first-order valence-corrected chi connectivity index (χ1v) is 7.74. The Bertz CT molecular complexity index is 837. The molecule has 5 nitrogen and oxygen atoms in total. The third-order valence-corrected chi connectivity index (χ3v) is 3.94. The summed E-state index contributed by atoms with van der Waals surface area (Å²) in [6.07, 6.45) is 3.26. The molecule has 0 saturated heterocycles. The largest absolute Gasteiger partial charge is 0.452 e. The van der Waals surface area contributed by atoms with E-state index in [1.165, 1.54) is 17.2 Å². The summed E-state index contributed by atoms with van der Waals surface area (Å²) in [6.45, 7) is -0.368. The molecular weight excluding hydrogens is 304 g/mol. The standard InChI is InChI=1S/C19H16N2O3/c20-11-13-3-1-6-16(9-13)19(23)24-12-18(22)21-17-8-7-14-4-2-5-15(14)10-17/h1,3,6-10H,2,4-5,12H2,(H,21,22). The Morgan fingerprint density at radius 3 is 2.79 bits per heavy atom. The number of ether oxygens (including phenoxy) is 1. The average Bonchev–Trinajstić information content (AvgIpc) is 3.07. The SMILES string of the molecule is N#Cc1cccc(C(=O)OCC(=O)Nc2ccc3c(c2)CCC3)c1. The van der Waals surface area contributed by atoms with E-state index >= 15 is 0 Å². The maximum atomic E-state index is 11.9. The van der Waals surface area contributed by atoms with Gasteiger partial charge in [0.05, 0.1) is 17.2 Å². The molecule has 0 spiro atoms. The minimum atomic E-state index is -0.629. The van der Waals surface area contributed by atoms with Crippen LogP contribution in [0.5, 0.6) is 0 Å². The summed E-state index contributed by atoms with van der Waals surface area (Å²) in [5, 5.41) is 11.6. The van der Waals surface area contributed by atoms with Crippen LogP contribution >= 0.6 is 0 Å². The van der Waals surface area contributed by atoms with E-state index in [0.29, 0.717) is 11.3 Å². The molecule has 24 heavy (non-hydrogen) atoms. The number of carbonyl (C=O) groups is 2. The quantitative estimate of drug-likeness (QED) is 0.879. The molecule has 0 atom stereocenters. The fourth-order valence-electron chi connectivity index (χ4n) is 2.78. The second-order valence-electron chi connectivity index (χ2n) is 5.65. The van der Waals surface area contributed by atoms with Crippen molar-refractivity contribution in [2.75, 3.05) is 11.9 Å². The Balaban J connectivity index is 1.55. The van der Waals surface area contributed by atoms with Crippen LogP contribution in [0.25, 0.3) is 0 Å². The molecule has 1 aliphatic carbocycles. The van der Waals surface area contributed by atoms with Crippen molar-refractivity contribution < 1.29 is 14.3 Å². The number of nitrogens with zero attached hydrogens (tertiary/aromatic N) is 1. The number of hydrogen-bond acceptors (Lipinski definition) is 4. The van der Waals surface area contributed by atoms with Gasteiger partial charge >= 0.3 is 5.97 Å². The first kappa shape index (κ1) is 15.8. The van der Waals surface area contributed by atoms with Crippen molar-refractivity contribution in [1.82, 2.24) is 0 Å². The molecule has 120 valence electrons. The number of aryl methyl sites for hydroxylation is 2. The molecule has 2 aromatic carbocycles. The molecular formula is C19H16N2O3. The van der Waals surface area contributed by atoms with Crippen LogP contribution in [0.3, 0.4) is 0 Å². The molecule has 1 amide bonds. The van der Waals surface area contributed by atoms with E-state index in [1.807, 2.05) is 24.3 Å². The molecule has 0 aromatic heterocycles. The van der Waals surface area contributed by atoms with Gasteiger partial charge in [-0.15, -0.1) is 0 Å². The lowest BCUT2D eigenvalue weighted by molar-refractivity contribution is -0.119. The predicted molar refractivity (Wildman–Crippen MR) is 88.5 cm³/mol. The first-order valence-electron chi connectivity index (χ1n) is 7.74. The zero-order valence-corrected chi connectivity index (χ0v) is 13.0. The highest BCUT2D eigenvalue weighted by atomic mass is 16.5. The smallest absolute Gasteiger partial charge is 0.338 e. The lowest BCUT2D eigenvalue weighted by atomic mass is 10.1. The Labute approximate surface area is 139 Å². The van der Waals surface area contributed by atoms with E-state index in [0.717, 1.165) is 19.3 Å². The van der Waals surface area contributed by atoms with Crippen LogP contribution in [0, 0.1) is 11.3 Å². The second-order valence-corrected chi connectivity index (χ2v) is 5.65. The maximum Gasteiger partial charge on any atom is 0.338 e. The van der Waals surface area contributed by atoms with Gasteiger partial charge in [0, 0.05) is 5.69 Å². The molecule has 1 N–H and O–H groups in total. The summed E-state index contributed by atoms with van der Waals surface area (Å²) in [4.78, 5) is 23.8. The third kappa shape index (κ3) is 3.61. The highest BCUT2D eigenvalue weighted by Gasteiger charge is 2.13. The summed E-state index contributed by atoms with van der Waals surface area (Å²) in [6, 6.07) is 14.0. The zero-order chi connectivity index (χ0) is 16.9. The summed E-state index contributed by atoms with van der Waals surface area (Å²) in [5.41, 5.74) is 3.92. The van der Waals surface area contributed by atoms with Crippen molar-refractivity contribution in [2.45, 2.75) is 19.3 Å². The van der Waals surface area contributed by atoms with Gasteiger partial charge in [-0.3, -0.25) is 4.79 Å². The average molecular weight is 320 g/mol. The normalized spacial score (nSPS) is 12.1. The van der Waals surface area contributed by atoms with Gasteiger partial charge in [-0.1, -0.05) is 12.1 Å². The minimum absolute atomic E-state index is 0.249. The molecule has 0 saturated carbocycles. The molecule has 0 heterocycles. The molecule has 0 radical (unpaired) electrons. The van der Waals surface area contributed by atoms with Crippen LogP contribution < -0.4 is 5.32 Å². The number of amides is 1. The van der Waals surface area contributed by atoms with Gasteiger partial charge in [0.1, 0.15) is 0 Å². The van der Waals surface area contributed by atoms with E-state index in [9.17, 15) is 9.59 Å². The van der Waals surface area contributed by atoms with Crippen LogP contribution in [0.4, 0.5) is 5.69 Å². The van der Waals surface area contributed by atoms with Crippen molar-refractivity contribution in [3.05, 3.63) is 64.7 Å². The summed E-state index contributed by atoms with van der Waals surface area (Å²) in [7, 11) is 0.